The number of likely N-dealkylation sites (tertiary alicyclic amines) is 1. The van der Waals surface area contributed by atoms with Crippen molar-refractivity contribution in [3.8, 4) is 11.1 Å². The molecule has 0 radical (unpaired) electrons. The lowest BCUT2D eigenvalue weighted by atomic mass is 9.87. The summed E-state index contributed by atoms with van der Waals surface area (Å²) in [7, 11) is 1.33. The second-order valence-electron chi connectivity index (χ2n) is 9.67. The lowest BCUT2D eigenvalue weighted by Crippen LogP contribution is -2.37. The molecule has 2 amide bonds. The topological polar surface area (TPSA) is 101 Å². The molecule has 8 nitrogen and oxygen atoms in total. The first kappa shape index (κ1) is 25.6. The Labute approximate surface area is 222 Å². The molecule has 0 aliphatic carbocycles. The van der Waals surface area contributed by atoms with E-state index >= 15 is 0 Å². The van der Waals surface area contributed by atoms with Crippen LogP contribution in [0.1, 0.15) is 60.9 Å². The van der Waals surface area contributed by atoms with Gasteiger partial charge in [0.25, 0.3) is 11.8 Å². The minimum Gasteiger partial charge on any atom is -0.465 e. The maximum absolute atomic E-state index is 13.9. The first-order valence-corrected chi connectivity index (χ1v) is 13.1. The van der Waals surface area contributed by atoms with Crippen molar-refractivity contribution in [2.75, 3.05) is 39.8 Å². The lowest BCUT2D eigenvalue weighted by Gasteiger charge is -2.24. The Kier molecular flexibility index (Phi) is 7.79. The van der Waals surface area contributed by atoms with Crippen LogP contribution in [0.3, 0.4) is 0 Å². The molecule has 196 valence electrons. The third-order valence-electron chi connectivity index (χ3n) is 7.17. The SMILES string of the molecule is COC(=O)c1ccc(-c2c3c(nc(Cc4ccccc4)c2C(=O)NCCN2CCCC2)CCNC3=O)cc1. The molecule has 3 heterocycles. The van der Waals surface area contributed by atoms with E-state index in [0.29, 0.717) is 65.1 Å². The molecule has 0 bridgehead atoms. The molecule has 2 aromatic carbocycles. The molecular formula is C30H32N4O4. The van der Waals surface area contributed by atoms with E-state index in [0.717, 1.165) is 25.2 Å². The Morgan fingerprint density at radius 1 is 1.03 bits per heavy atom. The standard InChI is InChI=1S/C30H32N4O4/c1-38-30(37)22-11-9-21(10-12-22)25-26-23(13-14-31-28(26)35)33-24(19-20-7-3-2-4-8-20)27(25)29(36)32-15-18-34-16-5-6-17-34/h2-4,7-12H,5-6,13-19H2,1H3,(H,31,35)(H,32,36). The predicted octanol–water partition coefficient (Wildman–Crippen LogP) is 3.24. The minimum atomic E-state index is -0.448. The fourth-order valence-electron chi connectivity index (χ4n) is 5.26. The third kappa shape index (κ3) is 5.45. The number of nitrogens with zero attached hydrogens (tertiary/aromatic N) is 2. The average Bonchev–Trinajstić information content (AvgIpc) is 3.46. The Morgan fingerprint density at radius 2 is 1.76 bits per heavy atom. The summed E-state index contributed by atoms with van der Waals surface area (Å²) in [5, 5.41) is 6.01. The molecule has 0 atom stereocenters. The van der Waals surface area contributed by atoms with Gasteiger partial charge in [0.2, 0.25) is 0 Å². The minimum absolute atomic E-state index is 0.247. The molecule has 2 N–H and O–H groups in total. The summed E-state index contributed by atoms with van der Waals surface area (Å²) in [6, 6.07) is 16.7. The summed E-state index contributed by atoms with van der Waals surface area (Å²) < 4.78 is 4.84. The normalized spacial score (nSPS) is 15.0. The summed E-state index contributed by atoms with van der Waals surface area (Å²) >= 11 is 0. The number of rotatable bonds is 8. The van der Waals surface area contributed by atoms with Gasteiger partial charge >= 0.3 is 5.97 Å². The quantitative estimate of drug-likeness (QED) is 0.450. The highest BCUT2D eigenvalue weighted by molar-refractivity contribution is 6.11. The van der Waals surface area contributed by atoms with Crippen LogP contribution in [0.5, 0.6) is 0 Å². The number of pyridine rings is 1. The first-order valence-electron chi connectivity index (χ1n) is 13.1. The van der Waals surface area contributed by atoms with E-state index in [9.17, 15) is 14.4 Å². The zero-order chi connectivity index (χ0) is 26.5. The van der Waals surface area contributed by atoms with Crippen molar-refractivity contribution >= 4 is 17.8 Å². The summed E-state index contributed by atoms with van der Waals surface area (Å²) in [5.74, 6) is -0.949. The number of hydrogen-bond acceptors (Lipinski definition) is 6. The van der Waals surface area contributed by atoms with Gasteiger partial charge in [-0.1, -0.05) is 42.5 Å². The molecule has 1 fully saturated rings. The van der Waals surface area contributed by atoms with Gasteiger partial charge in [-0.2, -0.15) is 0 Å². The van der Waals surface area contributed by atoms with Crippen molar-refractivity contribution in [3.05, 3.63) is 88.2 Å². The molecule has 0 unspecified atom stereocenters. The van der Waals surface area contributed by atoms with Crippen LogP contribution in [0.25, 0.3) is 11.1 Å². The number of amides is 2. The number of ether oxygens (including phenoxy) is 1. The number of methoxy groups -OCH3 is 1. The highest BCUT2D eigenvalue weighted by Gasteiger charge is 2.30. The van der Waals surface area contributed by atoms with Crippen molar-refractivity contribution in [2.45, 2.75) is 25.7 Å². The Bertz CT molecular complexity index is 1330. The Morgan fingerprint density at radius 3 is 2.47 bits per heavy atom. The van der Waals surface area contributed by atoms with E-state index in [1.807, 2.05) is 30.3 Å². The van der Waals surface area contributed by atoms with Crippen molar-refractivity contribution in [1.29, 1.82) is 0 Å². The molecule has 0 spiro atoms. The van der Waals surface area contributed by atoms with Crippen molar-refractivity contribution in [1.82, 2.24) is 20.5 Å². The van der Waals surface area contributed by atoms with Crippen LogP contribution in [0.15, 0.2) is 54.6 Å². The summed E-state index contributed by atoms with van der Waals surface area (Å²) in [4.78, 5) is 46.3. The molecule has 1 aromatic heterocycles. The second kappa shape index (κ2) is 11.6. The van der Waals surface area contributed by atoms with E-state index in [2.05, 4.69) is 15.5 Å². The molecule has 0 saturated carbocycles. The van der Waals surface area contributed by atoms with E-state index in [1.54, 1.807) is 24.3 Å². The summed E-state index contributed by atoms with van der Waals surface area (Å²) in [6.07, 6.45) is 3.40. The van der Waals surface area contributed by atoms with Gasteiger partial charge in [-0.05, 0) is 49.2 Å². The highest BCUT2D eigenvalue weighted by atomic mass is 16.5. The molecule has 8 heteroatoms. The van der Waals surface area contributed by atoms with Crippen LogP contribution in [0.4, 0.5) is 0 Å². The zero-order valence-electron chi connectivity index (χ0n) is 21.6. The smallest absolute Gasteiger partial charge is 0.337 e. The van der Waals surface area contributed by atoms with Gasteiger partial charge < -0.3 is 20.3 Å². The number of carbonyl (C=O) groups excluding carboxylic acids is 3. The van der Waals surface area contributed by atoms with Crippen molar-refractivity contribution < 1.29 is 19.1 Å². The summed E-state index contributed by atoms with van der Waals surface area (Å²) in [5.41, 5.74) is 4.78. The van der Waals surface area contributed by atoms with E-state index in [1.165, 1.54) is 20.0 Å². The highest BCUT2D eigenvalue weighted by Crippen LogP contribution is 2.34. The van der Waals surface area contributed by atoms with Gasteiger partial charge in [-0.3, -0.25) is 14.6 Å². The van der Waals surface area contributed by atoms with Crippen LogP contribution in [0.2, 0.25) is 0 Å². The fourth-order valence-corrected chi connectivity index (χ4v) is 5.26. The molecule has 38 heavy (non-hydrogen) atoms. The van der Waals surface area contributed by atoms with Crippen molar-refractivity contribution in [2.24, 2.45) is 0 Å². The molecule has 3 aromatic rings. The molecule has 2 aliphatic heterocycles. The van der Waals surface area contributed by atoms with Gasteiger partial charge in [-0.15, -0.1) is 0 Å². The third-order valence-corrected chi connectivity index (χ3v) is 7.17. The number of hydrogen-bond donors (Lipinski definition) is 2. The molecule has 2 aliphatic rings. The number of nitrogens with one attached hydrogen (secondary N) is 2. The van der Waals surface area contributed by atoms with Gasteiger partial charge in [0, 0.05) is 38.0 Å². The lowest BCUT2D eigenvalue weighted by molar-refractivity contribution is 0.0600. The van der Waals surface area contributed by atoms with Gasteiger partial charge in [-0.25, -0.2) is 4.79 Å². The summed E-state index contributed by atoms with van der Waals surface area (Å²) in [6.45, 7) is 3.88. The fraction of sp³-hybridized carbons (Fsp3) is 0.333. The maximum atomic E-state index is 13.9. The van der Waals surface area contributed by atoms with Crippen LogP contribution < -0.4 is 10.6 Å². The largest absolute Gasteiger partial charge is 0.465 e. The average molecular weight is 513 g/mol. The maximum Gasteiger partial charge on any atom is 0.337 e. The Hall–Kier alpha value is -4.04. The number of aromatic nitrogens is 1. The number of carbonyl (C=O) groups is 3. The van der Waals surface area contributed by atoms with Gasteiger partial charge in [0.1, 0.15) is 0 Å². The molecule has 5 rings (SSSR count). The predicted molar refractivity (Wildman–Crippen MR) is 144 cm³/mol. The van der Waals surface area contributed by atoms with Crippen LogP contribution >= 0.6 is 0 Å². The van der Waals surface area contributed by atoms with E-state index < -0.39 is 5.97 Å². The van der Waals surface area contributed by atoms with Crippen molar-refractivity contribution in [3.63, 3.8) is 0 Å². The first-order chi connectivity index (χ1) is 18.5. The molecular weight excluding hydrogens is 480 g/mol. The van der Waals surface area contributed by atoms with Gasteiger partial charge in [0.05, 0.1) is 35.2 Å². The number of fused-ring (bicyclic) bond motifs is 1. The van der Waals surface area contributed by atoms with Gasteiger partial charge in [0.15, 0.2) is 0 Å². The number of benzene rings is 2. The van der Waals surface area contributed by atoms with E-state index in [-0.39, 0.29) is 11.8 Å². The molecule has 1 saturated heterocycles. The van der Waals surface area contributed by atoms with E-state index in [4.69, 9.17) is 9.72 Å². The van der Waals surface area contributed by atoms with Crippen LogP contribution in [-0.4, -0.2) is 67.5 Å². The van der Waals surface area contributed by atoms with Crippen LogP contribution in [-0.2, 0) is 17.6 Å². The van der Waals surface area contributed by atoms with Crippen LogP contribution in [0, 0.1) is 0 Å². The second-order valence-corrected chi connectivity index (χ2v) is 9.67. The number of esters is 1. The zero-order valence-corrected chi connectivity index (χ0v) is 21.6. The monoisotopic (exact) mass is 512 g/mol. The Balaban J connectivity index is 1.61.